The topological polar surface area (TPSA) is 64.4 Å². The van der Waals surface area contributed by atoms with E-state index in [0.29, 0.717) is 6.07 Å². The van der Waals surface area contributed by atoms with Gasteiger partial charge in [-0.1, -0.05) is 12.1 Å². The van der Waals surface area contributed by atoms with Crippen molar-refractivity contribution in [2.75, 3.05) is 0 Å². The second kappa shape index (κ2) is 7.54. The molecule has 4 nitrogen and oxygen atoms in total. The van der Waals surface area contributed by atoms with Gasteiger partial charge in [-0.15, -0.1) is 0 Å². The highest BCUT2D eigenvalue weighted by Crippen LogP contribution is 2.31. The molecular weight excluding hydrogens is 366 g/mol. The number of nitrogens with one attached hydrogen (secondary N) is 1. The lowest BCUT2D eigenvalue weighted by Gasteiger charge is -2.21. The molecule has 26 heavy (non-hydrogen) atoms. The maximum absolute atomic E-state index is 13.8. The first-order valence-electron chi connectivity index (χ1n) is 7.05. The third-order valence-corrected chi connectivity index (χ3v) is 3.22. The molecule has 0 aromatic heterocycles. The second-order valence-electron chi connectivity index (χ2n) is 5.18. The maximum Gasteiger partial charge on any atom is 0.461 e. The number of carbonyl (C=O) groups is 1. The molecule has 2 rings (SSSR count). The fourth-order valence-electron chi connectivity index (χ4n) is 2.17. The molecule has 2 aromatic rings. The molecule has 0 bridgehead atoms. The first-order chi connectivity index (χ1) is 12.1. The number of halogens is 6. The smallest absolute Gasteiger partial charge is 0.428 e. The van der Waals surface area contributed by atoms with Gasteiger partial charge in [0.25, 0.3) is 0 Å². The lowest BCUT2D eigenvalue weighted by molar-refractivity contribution is -0.253. The van der Waals surface area contributed by atoms with Crippen LogP contribution in [0.3, 0.4) is 0 Å². The monoisotopic (exact) mass is 378 g/mol. The van der Waals surface area contributed by atoms with Crippen molar-refractivity contribution in [3.05, 3.63) is 65.2 Å². The molecule has 0 saturated carbocycles. The fraction of sp³-hybridized carbons (Fsp3) is 0.188. The Morgan fingerprint density at radius 1 is 1.00 bits per heavy atom. The SMILES string of the molecule is NC(=O)N[C@H](c1ccc(F)cc1)c1cc(F)cc(OC(F)(F)C(F)F)c1. The van der Waals surface area contributed by atoms with Crippen molar-refractivity contribution >= 4 is 6.03 Å². The highest BCUT2D eigenvalue weighted by Gasteiger charge is 2.44. The summed E-state index contributed by atoms with van der Waals surface area (Å²) in [6.45, 7) is 0. The van der Waals surface area contributed by atoms with Crippen LogP contribution in [0.15, 0.2) is 42.5 Å². The molecule has 2 aromatic carbocycles. The zero-order valence-electron chi connectivity index (χ0n) is 12.9. The van der Waals surface area contributed by atoms with E-state index in [1.807, 2.05) is 0 Å². The number of alkyl halides is 4. The third-order valence-electron chi connectivity index (χ3n) is 3.22. The first kappa shape index (κ1) is 19.4. The van der Waals surface area contributed by atoms with Gasteiger partial charge in [0.15, 0.2) is 0 Å². The number of benzene rings is 2. The molecular formula is C16H12F6N2O2. The van der Waals surface area contributed by atoms with Crippen molar-refractivity contribution in [3.63, 3.8) is 0 Å². The molecule has 10 heteroatoms. The Hall–Kier alpha value is -2.91. The van der Waals surface area contributed by atoms with Crippen molar-refractivity contribution in [2.45, 2.75) is 18.6 Å². The van der Waals surface area contributed by atoms with Crippen LogP contribution in [0.2, 0.25) is 0 Å². The Morgan fingerprint density at radius 2 is 1.62 bits per heavy atom. The van der Waals surface area contributed by atoms with Gasteiger partial charge in [0, 0.05) is 6.07 Å². The molecule has 0 fully saturated rings. The van der Waals surface area contributed by atoms with Gasteiger partial charge in [0.1, 0.15) is 17.4 Å². The molecule has 0 saturated heterocycles. The molecule has 0 aliphatic heterocycles. The van der Waals surface area contributed by atoms with E-state index in [1.54, 1.807) is 0 Å². The predicted molar refractivity (Wildman–Crippen MR) is 78.9 cm³/mol. The summed E-state index contributed by atoms with van der Waals surface area (Å²) >= 11 is 0. The summed E-state index contributed by atoms with van der Waals surface area (Å²) in [5.74, 6) is -2.56. The van der Waals surface area contributed by atoms with E-state index in [9.17, 15) is 31.1 Å². The highest BCUT2D eigenvalue weighted by molar-refractivity contribution is 5.73. The number of hydrogen-bond donors (Lipinski definition) is 2. The highest BCUT2D eigenvalue weighted by atomic mass is 19.3. The minimum absolute atomic E-state index is 0.129. The van der Waals surface area contributed by atoms with Gasteiger partial charge in [-0.3, -0.25) is 0 Å². The molecule has 0 heterocycles. The zero-order valence-corrected chi connectivity index (χ0v) is 12.9. The first-order valence-corrected chi connectivity index (χ1v) is 7.05. The van der Waals surface area contributed by atoms with Crippen molar-refractivity contribution in [2.24, 2.45) is 5.73 Å². The molecule has 0 radical (unpaired) electrons. The van der Waals surface area contributed by atoms with Crippen LogP contribution in [0.4, 0.5) is 31.1 Å². The van der Waals surface area contributed by atoms with Gasteiger partial charge in [-0.2, -0.15) is 17.6 Å². The van der Waals surface area contributed by atoms with E-state index in [2.05, 4.69) is 10.1 Å². The summed E-state index contributed by atoms with van der Waals surface area (Å²) in [7, 11) is 0. The summed E-state index contributed by atoms with van der Waals surface area (Å²) in [6, 6.07) is 4.56. The largest absolute Gasteiger partial charge is 0.461 e. The summed E-state index contributed by atoms with van der Waals surface area (Å²) in [5.41, 5.74) is 5.16. The van der Waals surface area contributed by atoms with Crippen LogP contribution in [0, 0.1) is 11.6 Å². The van der Waals surface area contributed by atoms with Crippen molar-refractivity contribution < 1.29 is 35.9 Å². The van der Waals surface area contributed by atoms with Crippen LogP contribution in [0.1, 0.15) is 17.2 Å². The van der Waals surface area contributed by atoms with Gasteiger partial charge in [0.2, 0.25) is 0 Å². The summed E-state index contributed by atoms with van der Waals surface area (Å²) < 4.78 is 81.3. The second-order valence-corrected chi connectivity index (χ2v) is 5.18. The Labute approximate surface area is 143 Å². The number of carbonyl (C=O) groups excluding carboxylic acids is 1. The van der Waals surface area contributed by atoms with Gasteiger partial charge in [0.05, 0.1) is 6.04 Å². The molecule has 3 N–H and O–H groups in total. The Balaban J connectivity index is 2.44. The number of ether oxygens (including phenoxy) is 1. The van der Waals surface area contributed by atoms with Crippen LogP contribution in [-0.4, -0.2) is 18.6 Å². The van der Waals surface area contributed by atoms with E-state index in [-0.39, 0.29) is 11.1 Å². The van der Waals surface area contributed by atoms with Crippen LogP contribution >= 0.6 is 0 Å². The quantitative estimate of drug-likeness (QED) is 0.748. The lowest BCUT2D eigenvalue weighted by Crippen LogP contribution is -2.34. The molecule has 0 aliphatic rings. The van der Waals surface area contributed by atoms with Crippen molar-refractivity contribution in [3.8, 4) is 5.75 Å². The van der Waals surface area contributed by atoms with Crippen molar-refractivity contribution in [1.29, 1.82) is 0 Å². The number of nitrogens with two attached hydrogens (primary N) is 1. The molecule has 0 aliphatic carbocycles. The third kappa shape index (κ3) is 4.80. The standard InChI is InChI=1S/C16H12F6N2O2/c17-10-3-1-8(2-4-10)13(24-15(23)25)9-5-11(18)7-12(6-9)26-16(21,22)14(19)20/h1-7,13-14H,(H3,23,24,25)/t13-/m1/s1. The fourth-order valence-corrected chi connectivity index (χ4v) is 2.17. The van der Waals surface area contributed by atoms with E-state index < -0.39 is 42.0 Å². The number of amides is 2. The van der Waals surface area contributed by atoms with Gasteiger partial charge in [-0.25, -0.2) is 13.6 Å². The van der Waals surface area contributed by atoms with E-state index in [0.717, 1.165) is 24.3 Å². The molecule has 0 unspecified atom stereocenters. The number of primary amides is 1. The summed E-state index contributed by atoms with van der Waals surface area (Å²) in [4.78, 5) is 11.2. The van der Waals surface area contributed by atoms with Crippen LogP contribution in [0.25, 0.3) is 0 Å². The number of urea groups is 1. The van der Waals surface area contributed by atoms with Gasteiger partial charge in [-0.05, 0) is 35.4 Å². The van der Waals surface area contributed by atoms with Crippen LogP contribution in [-0.2, 0) is 0 Å². The number of rotatable bonds is 6. The normalized spacial score (nSPS) is 12.7. The minimum Gasteiger partial charge on any atom is -0.428 e. The molecule has 140 valence electrons. The number of hydrogen-bond acceptors (Lipinski definition) is 2. The van der Waals surface area contributed by atoms with E-state index in [4.69, 9.17) is 5.73 Å². The van der Waals surface area contributed by atoms with Gasteiger partial charge >= 0.3 is 18.6 Å². The van der Waals surface area contributed by atoms with Crippen LogP contribution < -0.4 is 15.8 Å². The predicted octanol–water partition coefficient (Wildman–Crippen LogP) is 3.96. The Morgan fingerprint density at radius 3 is 2.15 bits per heavy atom. The van der Waals surface area contributed by atoms with Gasteiger partial charge < -0.3 is 15.8 Å². The molecule has 0 spiro atoms. The van der Waals surface area contributed by atoms with E-state index >= 15 is 0 Å². The lowest BCUT2D eigenvalue weighted by atomic mass is 9.98. The van der Waals surface area contributed by atoms with E-state index in [1.165, 1.54) is 12.1 Å². The Bertz CT molecular complexity index is 783. The average molecular weight is 378 g/mol. The molecule has 2 amide bonds. The minimum atomic E-state index is -4.84. The molecule has 1 atom stereocenters. The van der Waals surface area contributed by atoms with Crippen molar-refractivity contribution in [1.82, 2.24) is 5.32 Å². The zero-order chi connectivity index (χ0) is 19.5. The average Bonchev–Trinajstić information content (AvgIpc) is 2.52. The summed E-state index contributed by atoms with van der Waals surface area (Å²) in [6.07, 6.45) is -8.97. The summed E-state index contributed by atoms with van der Waals surface area (Å²) in [5, 5.41) is 2.23. The van der Waals surface area contributed by atoms with Crippen LogP contribution in [0.5, 0.6) is 5.75 Å². The Kier molecular flexibility index (Phi) is 5.63. The maximum atomic E-state index is 13.8.